The van der Waals surface area contributed by atoms with E-state index >= 15 is 0 Å². The Morgan fingerprint density at radius 1 is 1.10 bits per heavy atom. The Morgan fingerprint density at radius 3 is 2.45 bits per heavy atom. The van der Waals surface area contributed by atoms with Crippen LogP contribution in [0.25, 0.3) is 0 Å². The van der Waals surface area contributed by atoms with Crippen LogP contribution in [-0.2, 0) is 11.2 Å². The number of anilines is 1. The standard InChI is InChI=1S/C17H17NOS/c1-2-13-8-10-15(11-9-13)18-16(19)12-20-17(18)14-6-4-3-5-7-14/h3-11,17H,2,12H2,1H3. The van der Waals surface area contributed by atoms with Gasteiger partial charge in [-0.2, -0.15) is 0 Å². The van der Waals surface area contributed by atoms with E-state index in [4.69, 9.17) is 0 Å². The van der Waals surface area contributed by atoms with Gasteiger partial charge in [0.1, 0.15) is 5.37 Å². The summed E-state index contributed by atoms with van der Waals surface area (Å²) in [5, 5.41) is 0.0937. The lowest BCUT2D eigenvalue weighted by atomic mass is 10.1. The van der Waals surface area contributed by atoms with Crippen LogP contribution in [0.3, 0.4) is 0 Å². The molecule has 20 heavy (non-hydrogen) atoms. The predicted octanol–water partition coefficient (Wildman–Crippen LogP) is 4.03. The first kappa shape index (κ1) is 13.3. The first-order valence-electron chi connectivity index (χ1n) is 6.87. The van der Waals surface area contributed by atoms with Crippen molar-refractivity contribution in [2.75, 3.05) is 10.7 Å². The molecule has 1 amide bonds. The van der Waals surface area contributed by atoms with Gasteiger partial charge < -0.3 is 0 Å². The normalized spacial score (nSPS) is 18.6. The van der Waals surface area contributed by atoms with Crippen LogP contribution < -0.4 is 4.90 Å². The van der Waals surface area contributed by atoms with Crippen molar-refractivity contribution in [3.05, 3.63) is 65.7 Å². The van der Waals surface area contributed by atoms with Gasteiger partial charge in [-0.15, -0.1) is 11.8 Å². The Kier molecular flexibility index (Phi) is 3.79. The van der Waals surface area contributed by atoms with Gasteiger partial charge >= 0.3 is 0 Å². The van der Waals surface area contributed by atoms with Crippen molar-refractivity contribution in [1.82, 2.24) is 0 Å². The van der Waals surface area contributed by atoms with Crippen LogP contribution >= 0.6 is 11.8 Å². The van der Waals surface area contributed by atoms with Gasteiger partial charge in [-0.05, 0) is 29.7 Å². The van der Waals surface area contributed by atoms with Crippen LogP contribution in [0.1, 0.15) is 23.4 Å². The highest BCUT2D eigenvalue weighted by Crippen LogP contribution is 2.41. The highest BCUT2D eigenvalue weighted by Gasteiger charge is 2.33. The van der Waals surface area contributed by atoms with Crippen molar-refractivity contribution in [3.8, 4) is 0 Å². The first-order valence-corrected chi connectivity index (χ1v) is 7.92. The van der Waals surface area contributed by atoms with Crippen LogP contribution in [0, 0.1) is 0 Å². The Labute approximate surface area is 123 Å². The summed E-state index contributed by atoms with van der Waals surface area (Å²) in [6, 6.07) is 18.5. The molecule has 1 unspecified atom stereocenters. The molecule has 1 fully saturated rings. The molecule has 0 aromatic heterocycles. The van der Waals surface area contributed by atoms with Crippen molar-refractivity contribution in [2.45, 2.75) is 18.7 Å². The van der Waals surface area contributed by atoms with E-state index in [1.54, 1.807) is 11.8 Å². The summed E-state index contributed by atoms with van der Waals surface area (Å²) in [5.74, 6) is 0.739. The van der Waals surface area contributed by atoms with E-state index in [2.05, 4.69) is 43.3 Å². The lowest BCUT2D eigenvalue weighted by Gasteiger charge is -2.24. The maximum Gasteiger partial charge on any atom is 0.238 e. The minimum absolute atomic E-state index is 0.0937. The second-order valence-corrected chi connectivity index (χ2v) is 5.93. The molecule has 102 valence electrons. The summed E-state index contributed by atoms with van der Waals surface area (Å²) in [5.41, 5.74) is 3.47. The Morgan fingerprint density at radius 2 is 1.80 bits per heavy atom. The van der Waals surface area contributed by atoms with Crippen LogP contribution in [-0.4, -0.2) is 11.7 Å². The van der Waals surface area contributed by atoms with E-state index in [-0.39, 0.29) is 11.3 Å². The number of amides is 1. The van der Waals surface area contributed by atoms with E-state index in [9.17, 15) is 4.79 Å². The SMILES string of the molecule is CCc1ccc(N2C(=O)CSC2c2ccccc2)cc1. The molecule has 2 nitrogen and oxygen atoms in total. The second-order valence-electron chi connectivity index (χ2n) is 4.86. The summed E-state index contributed by atoms with van der Waals surface area (Å²) < 4.78 is 0. The molecule has 2 aromatic rings. The second kappa shape index (κ2) is 5.71. The predicted molar refractivity (Wildman–Crippen MR) is 84.9 cm³/mol. The molecule has 0 bridgehead atoms. The molecule has 1 aliphatic heterocycles. The van der Waals surface area contributed by atoms with Crippen molar-refractivity contribution in [1.29, 1.82) is 0 Å². The Balaban J connectivity index is 1.94. The summed E-state index contributed by atoms with van der Waals surface area (Å²) in [4.78, 5) is 14.1. The van der Waals surface area contributed by atoms with Crippen molar-refractivity contribution in [2.24, 2.45) is 0 Å². The molecule has 1 heterocycles. The number of rotatable bonds is 3. The van der Waals surface area contributed by atoms with Crippen LogP contribution in [0.5, 0.6) is 0 Å². The third kappa shape index (κ3) is 2.46. The third-order valence-corrected chi connectivity index (χ3v) is 4.79. The molecule has 1 saturated heterocycles. The van der Waals surface area contributed by atoms with E-state index in [1.165, 1.54) is 11.1 Å². The number of aryl methyl sites for hydroxylation is 1. The fraction of sp³-hybridized carbons (Fsp3) is 0.235. The lowest BCUT2D eigenvalue weighted by Crippen LogP contribution is -2.27. The molecular formula is C17H17NOS. The van der Waals surface area contributed by atoms with Gasteiger partial charge in [-0.25, -0.2) is 0 Å². The molecule has 0 aliphatic carbocycles. The summed E-state index contributed by atoms with van der Waals surface area (Å²) >= 11 is 1.69. The summed E-state index contributed by atoms with van der Waals surface area (Å²) in [6.07, 6.45) is 1.02. The Bertz CT molecular complexity index is 594. The molecule has 1 aliphatic rings. The fourth-order valence-corrected chi connectivity index (χ4v) is 3.64. The van der Waals surface area contributed by atoms with Gasteiger partial charge in [0.15, 0.2) is 0 Å². The van der Waals surface area contributed by atoms with Crippen LogP contribution in [0.4, 0.5) is 5.69 Å². The minimum atomic E-state index is 0.0937. The minimum Gasteiger partial charge on any atom is -0.295 e. The number of benzene rings is 2. The molecule has 2 aromatic carbocycles. The molecule has 0 spiro atoms. The third-order valence-electron chi connectivity index (χ3n) is 3.58. The monoisotopic (exact) mass is 283 g/mol. The fourth-order valence-electron chi connectivity index (χ4n) is 2.46. The topological polar surface area (TPSA) is 20.3 Å². The van der Waals surface area contributed by atoms with Gasteiger partial charge in [0.2, 0.25) is 5.91 Å². The van der Waals surface area contributed by atoms with E-state index < -0.39 is 0 Å². The van der Waals surface area contributed by atoms with Crippen LogP contribution in [0.2, 0.25) is 0 Å². The molecule has 0 N–H and O–H groups in total. The van der Waals surface area contributed by atoms with Crippen LogP contribution in [0.15, 0.2) is 54.6 Å². The van der Waals surface area contributed by atoms with Crippen molar-refractivity contribution < 1.29 is 4.79 Å². The number of hydrogen-bond acceptors (Lipinski definition) is 2. The zero-order valence-corrected chi connectivity index (χ0v) is 12.3. The average Bonchev–Trinajstić information content (AvgIpc) is 2.90. The number of carbonyl (C=O) groups excluding carboxylic acids is 1. The zero-order chi connectivity index (χ0) is 13.9. The van der Waals surface area contributed by atoms with E-state index in [0.717, 1.165) is 12.1 Å². The molecule has 3 rings (SSSR count). The van der Waals surface area contributed by atoms with Gasteiger partial charge in [-0.3, -0.25) is 9.69 Å². The number of nitrogens with zero attached hydrogens (tertiary/aromatic N) is 1. The molecule has 3 heteroatoms. The van der Waals surface area contributed by atoms with Gasteiger partial charge in [0.05, 0.1) is 5.75 Å². The smallest absolute Gasteiger partial charge is 0.238 e. The lowest BCUT2D eigenvalue weighted by molar-refractivity contribution is -0.115. The molecular weight excluding hydrogens is 266 g/mol. The van der Waals surface area contributed by atoms with Crippen molar-refractivity contribution >= 4 is 23.4 Å². The molecule has 0 saturated carbocycles. The number of thioether (sulfide) groups is 1. The molecule has 0 radical (unpaired) electrons. The summed E-state index contributed by atoms with van der Waals surface area (Å²) in [6.45, 7) is 2.14. The number of hydrogen-bond donors (Lipinski definition) is 0. The maximum atomic E-state index is 12.2. The summed E-state index contributed by atoms with van der Waals surface area (Å²) in [7, 11) is 0. The van der Waals surface area contributed by atoms with Gasteiger partial charge in [-0.1, -0.05) is 49.4 Å². The zero-order valence-electron chi connectivity index (χ0n) is 11.5. The number of carbonyl (C=O) groups is 1. The Hall–Kier alpha value is -1.74. The average molecular weight is 283 g/mol. The quantitative estimate of drug-likeness (QED) is 0.847. The van der Waals surface area contributed by atoms with E-state index in [0.29, 0.717) is 5.75 Å². The van der Waals surface area contributed by atoms with Crippen molar-refractivity contribution in [3.63, 3.8) is 0 Å². The maximum absolute atomic E-state index is 12.2. The largest absolute Gasteiger partial charge is 0.295 e. The van der Waals surface area contributed by atoms with E-state index in [1.807, 2.05) is 23.1 Å². The highest BCUT2D eigenvalue weighted by atomic mass is 32.2. The van der Waals surface area contributed by atoms with Gasteiger partial charge in [0, 0.05) is 5.69 Å². The first-order chi connectivity index (χ1) is 9.79. The highest BCUT2D eigenvalue weighted by molar-refractivity contribution is 8.00. The van der Waals surface area contributed by atoms with Gasteiger partial charge in [0.25, 0.3) is 0 Å². The molecule has 1 atom stereocenters.